The Morgan fingerprint density at radius 2 is 1.67 bits per heavy atom. The van der Waals surface area contributed by atoms with Gasteiger partial charge in [-0.2, -0.15) is 0 Å². The molecule has 2 fully saturated rings. The Morgan fingerprint density at radius 1 is 0.972 bits per heavy atom. The van der Waals surface area contributed by atoms with Crippen molar-refractivity contribution in [1.29, 1.82) is 0 Å². The molecule has 2 saturated heterocycles. The molecule has 2 aromatic rings. The van der Waals surface area contributed by atoms with Crippen molar-refractivity contribution in [2.45, 2.75) is 45.1 Å². The summed E-state index contributed by atoms with van der Waals surface area (Å²) in [7, 11) is 3.28. The number of benzene rings is 2. The number of nitrogens with zero attached hydrogens (tertiary/aromatic N) is 2. The second-order valence-corrected chi connectivity index (χ2v) is 9.26. The Labute approximate surface area is 212 Å². The van der Waals surface area contributed by atoms with Gasteiger partial charge in [0.2, 0.25) is 5.91 Å². The monoisotopic (exact) mass is 494 g/mol. The molecule has 0 unspecified atom stereocenters. The van der Waals surface area contributed by atoms with Gasteiger partial charge < -0.3 is 14.2 Å². The second-order valence-electron chi connectivity index (χ2n) is 9.26. The number of ether oxygens (including phenoxy) is 3. The minimum atomic E-state index is -0.422. The molecule has 0 radical (unpaired) electrons. The SMILES string of the molecule is CCOC(=O)c1ccc(N2C(=O)C[C@@H](N3CCC(CCc4ccc(OC)c(OC)c4)CC3)C2=O)cc1. The molecule has 0 saturated carbocycles. The number of carbonyl (C=O) groups excluding carboxylic acids is 3. The normalized spacial score (nSPS) is 19.0. The van der Waals surface area contributed by atoms with E-state index < -0.39 is 12.0 Å². The Kier molecular flexibility index (Phi) is 8.25. The van der Waals surface area contributed by atoms with Crippen molar-refractivity contribution < 1.29 is 28.6 Å². The number of hydrogen-bond donors (Lipinski definition) is 0. The lowest BCUT2D eigenvalue weighted by molar-refractivity contribution is -0.123. The number of esters is 1. The van der Waals surface area contributed by atoms with E-state index in [9.17, 15) is 14.4 Å². The van der Waals surface area contributed by atoms with E-state index in [-0.39, 0.29) is 24.8 Å². The third-order valence-electron chi connectivity index (χ3n) is 7.14. The van der Waals surface area contributed by atoms with Crippen LogP contribution in [0.2, 0.25) is 0 Å². The lowest BCUT2D eigenvalue weighted by Crippen LogP contribution is -2.46. The molecule has 0 aromatic heterocycles. The molecule has 8 nitrogen and oxygen atoms in total. The van der Waals surface area contributed by atoms with Gasteiger partial charge in [0.15, 0.2) is 11.5 Å². The summed E-state index contributed by atoms with van der Waals surface area (Å²) >= 11 is 0. The average Bonchev–Trinajstić information content (AvgIpc) is 3.21. The van der Waals surface area contributed by atoms with Crippen LogP contribution in [0.4, 0.5) is 5.69 Å². The largest absolute Gasteiger partial charge is 0.493 e. The van der Waals surface area contributed by atoms with Gasteiger partial charge >= 0.3 is 5.97 Å². The molecule has 0 aliphatic carbocycles. The van der Waals surface area contributed by atoms with Crippen LogP contribution in [0, 0.1) is 5.92 Å². The molecular weight excluding hydrogens is 460 g/mol. The second kappa shape index (κ2) is 11.6. The maximum absolute atomic E-state index is 13.2. The number of piperidine rings is 1. The maximum atomic E-state index is 13.2. The number of rotatable bonds is 9. The van der Waals surface area contributed by atoms with Crippen molar-refractivity contribution in [3.63, 3.8) is 0 Å². The van der Waals surface area contributed by atoms with Gasteiger partial charge in [0.1, 0.15) is 0 Å². The summed E-state index contributed by atoms with van der Waals surface area (Å²) in [6.45, 7) is 3.64. The van der Waals surface area contributed by atoms with Gasteiger partial charge in [0, 0.05) is 0 Å². The smallest absolute Gasteiger partial charge is 0.338 e. The van der Waals surface area contributed by atoms with Crippen LogP contribution in [0.1, 0.15) is 48.5 Å². The molecule has 0 bridgehead atoms. The number of amides is 2. The third-order valence-corrected chi connectivity index (χ3v) is 7.14. The van der Waals surface area contributed by atoms with Crippen LogP contribution in [0.15, 0.2) is 42.5 Å². The average molecular weight is 495 g/mol. The molecule has 0 spiro atoms. The van der Waals surface area contributed by atoms with Crippen LogP contribution in [0.5, 0.6) is 11.5 Å². The van der Waals surface area contributed by atoms with E-state index in [4.69, 9.17) is 14.2 Å². The van der Waals surface area contributed by atoms with E-state index in [0.29, 0.717) is 17.2 Å². The molecule has 8 heteroatoms. The summed E-state index contributed by atoms with van der Waals surface area (Å²) in [6.07, 6.45) is 4.22. The summed E-state index contributed by atoms with van der Waals surface area (Å²) in [6, 6.07) is 12.1. The molecule has 4 rings (SSSR count). The van der Waals surface area contributed by atoms with Crippen molar-refractivity contribution in [3.8, 4) is 11.5 Å². The van der Waals surface area contributed by atoms with Gasteiger partial charge in [-0.15, -0.1) is 0 Å². The Balaban J connectivity index is 1.31. The summed E-state index contributed by atoms with van der Waals surface area (Å²) in [4.78, 5) is 41.2. The highest BCUT2D eigenvalue weighted by molar-refractivity contribution is 6.22. The van der Waals surface area contributed by atoms with Crippen LogP contribution >= 0.6 is 0 Å². The first-order valence-electron chi connectivity index (χ1n) is 12.5. The van der Waals surface area contributed by atoms with Gasteiger partial charge in [-0.3, -0.25) is 14.5 Å². The fraction of sp³-hybridized carbons (Fsp3) is 0.464. The molecule has 2 aromatic carbocycles. The zero-order chi connectivity index (χ0) is 25.7. The molecule has 2 amide bonds. The minimum absolute atomic E-state index is 0.187. The van der Waals surface area contributed by atoms with Gasteiger partial charge in [-0.05, 0) is 93.6 Å². The molecule has 36 heavy (non-hydrogen) atoms. The quantitative estimate of drug-likeness (QED) is 0.387. The summed E-state index contributed by atoms with van der Waals surface area (Å²) in [5, 5.41) is 0. The number of carbonyl (C=O) groups is 3. The van der Waals surface area contributed by atoms with Gasteiger partial charge in [0.25, 0.3) is 5.91 Å². The van der Waals surface area contributed by atoms with Gasteiger partial charge in [-0.1, -0.05) is 6.07 Å². The number of likely N-dealkylation sites (tertiary alicyclic amines) is 1. The van der Waals surface area contributed by atoms with Crippen molar-refractivity contribution in [2.24, 2.45) is 5.92 Å². The van der Waals surface area contributed by atoms with E-state index in [1.165, 1.54) is 10.5 Å². The molecular formula is C28H34N2O6. The fourth-order valence-corrected chi connectivity index (χ4v) is 5.09. The zero-order valence-corrected chi connectivity index (χ0v) is 21.2. The van der Waals surface area contributed by atoms with E-state index in [1.807, 2.05) is 12.1 Å². The number of hydrogen-bond acceptors (Lipinski definition) is 7. The Hall–Kier alpha value is -3.39. The van der Waals surface area contributed by atoms with E-state index in [1.54, 1.807) is 45.4 Å². The Morgan fingerprint density at radius 3 is 2.31 bits per heavy atom. The number of aryl methyl sites for hydroxylation is 1. The first-order chi connectivity index (χ1) is 17.4. The van der Waals surface area contributed by atoms with Gasteiger partial charge in [-0.25, -0.2) is 9.69 Å². The van der Waals surface area contributed by atoms with Crippen LogP contribution in [-0.4, -0.2) is 62.6 Å². The van der Waals surface area contributed by atoms with Crippen molar-refractivity contribution in [1.82, 2.24) is 4.90 Å². The summed E-state index contributed by atoms with van der Waals surface area (Å²) in [5.41, 5.74) is 2.10. The molecule has 2 aliphatic heterocycles. The molecule has 2 heterocycles. The number of methoxy groups -OCH3 is 2. The van der Waals surface area contributed by atoms with Crippen molar-refractivity contribution >= 4 is 23.5 Å². The van der Waals surface area contributed by atoms with E-state index in [0.717, 1.165) is 50.3 Å². The summed E-state index contributed by atoms with van der Waals surface area (Å²) in [5.74, 6) is 1.24. The third kappa shape index (κ3) is 5.54. The topological polar surface area (TPSA) is 85.4 Å². The zero-order valence-electron chi connectivity index (χ0n) is 21.2. The first-order valence-corrected chi connectivity index (χ1v) is 12.5. The predicted octanol–water partition coefficient (Wildman–Crippen LogP) is 3.86. The predicted molar refractivity (Wildman–Crippen MR) is 135 cm³/mol. The standard InChI is InChI=1S/C28H34N2O6/c1-4-36-28(33)21-8-10-22(11-9-21)30-26(31)18-23(27(30)32)29-15-13-19(14-16-29)5-6-20-7-12-24(34-2)25(17-20)35-3/h7-12,17,19,23H,4-6,13-16,18H2,1-3H3/t23-/m1/s1. The highest BCUT2D eigenvalue weighted by atomic mass is 16.5. The minimum Gasteiger partial charge on any atom is -0.493 e. The fourth-order valence-electron chi connectivity index (χ4n) is 5.09. The van der Waals surface area contributed by atoms with Crippen LogP contribution in [0.3, 0.4) is 0 Å². The van der Waals surface area contributed by atoms with Crippen LogP contribution in [-0.2, 0) is 20.7 Å². The lowest BCUT2D eigenvalue weighted by atomic mass is 9.89. The number of anilines is 1. The van der Waals surface area contributed by atoms with Crippen molar-refractivity contribution in [3.05, 3.63) is 53.6 Å². The van der Waals surface area contributed by atoms with Crippen LogP contribution < -0.4 is 14.4 Å². The molecule has 0 N–H and O–H groups in total. The molecule has 192 valence electrons. The highest BCUT2D eigenvalue weighted by Gasteiger charge is 2.43. The Bertz CT molecular complexity index is 1090. The summed E-state index contributed by atoms with van der Waals surface area (Å²) < 4.78 is 15.7. The van der Waals surface area contributed by atoms with Crippen molar-refractivity contribution in [2.75, 3.05) is 38.8 Å². The van der Waals surface area contributed by atoms with Crippen LogP contribution in [0.25, 0.3) is 0 Å². The van der Waals surface area contributed by atoms with E-state index >= 15 is 0 Å². The van der Waals surface area contributed by atoms with Gasteiger partial charge in [0.05, 0.1) is 44.5 Å². The number of imide groups is 1. The maximum Gasteiger partial charge on any atom is 0.338 e. The lowest BCUT2D eigenvalue weighted by Gasteiger charge is -2.34. The van der Waals surface area contributed by atoms with E-state index in [2.05, 4.69) is 11.0 Å². The molecule has 2 aliphatic rings. The first kappa shape index (κ1) is 25.7. The molecule has 1 atom stereocenters. The highest BCUT2D eigenvalue weighted by Crippen LogP contribution is 2.32.